The van der Waals surface area contributed by atoms with Gasteiger partial charge in [-0.25, -0.2) is 0 Å². The van der Waals surface area contributed by atoms with Gasteiger partial charge in [0.25, 0.3) is 0 Å². The van der Waals surface area contributed by atoms with Crippen LogP contribution >= 0.6 is 0 Å². The van der Waals surface area contributed by atoms with Gasteiger partial charge in [0.05, 0.1) is 0 Å². The summed E-state index contributed by atoms with van der Waals surface area (Å²) in [6.07, 6.45) is 20.0. The molecule has 238 valence electrons. The van der Waals surface area contributed by atoms with Crippen LogP contribution in [0.25, 0.3) is 0 Å². The molecule has 0 spiro atoms. The molecule has 0 saturated carbocycles. The number of hydrogen-bond donors (Lipinski definition) is 0. The molecule has 6 rings (SSSR count). The molecule has 3 aromatic carbocycles. The van der Waals surface area contributed by atoms with Gasteiger partial charge < -0.3 is 18.9 Å². The summed E-state index contributed by atoms with van der Waals surface area (Å²) in [5.41, 5.74) is 9.16. The van der Waals surface area contributed by atoms with Gasteiger partial charge in [-0.15, -0.1) is 0 Å². The van der Waals surface area contributed by atoms with Crippen LogP contribution in [-0.2, 0) is 15.9 Å². The molecule has 3 aliphatic rings. The maximum atomic E-state index is 6.49. The van der Waals surface area contributed by atoms with E-state index in [1.54, 1.807) is 14.2 Å². The Morgan fingerprint density at radius 2 is 0.955 bits per heavy atom. The van der Waals surface area contributed by atoms with Gasteiger partial charge in [0, 0.05) is 37.2 Å². The van der Waals surface area contributed by atoms with Crippen LogP contribution in [0.3, 0.4) is 0 Å². The minimum Gasteiger partial charge on any atom is -0.467 e. The highest BCUT2D eigenvalue weighted by molar-refractivity contribution is 5.74. The van der Waals surface area contributed by atoms with Gasteiger partial charge in [-0.3, -0.25) is 0 Å². The molecule has 44 heavy (non-hydrogen) atoms. The normalized spacial score (nSPS) is 16.0. The van der Waals surface area contributed by atoms with Crippen LogP contribution in [0.5, 0.6) is 11.5 Å². The van der Waals surface area contributed by atoms with Crippen LogP contribution in [0.4, 0.5) is 0 Å². The quantitative estimate of drug-likeness (QED) is 0.0622. The van der Waals surface area contributed by atoms with Crippen molar-refractivity contribution in [2.24, 2.45) is 0 Å². The molecule has 0 aliphatic heterocycles. The molecule has 0 N–H and O–H groups in total. The maximum Gasteiger partial charge on any atom is 0.188 e. The molecule has 0 fully saturated rings. The second kappa shape index (κ2) is 17.0. The lowest BCUT2D eigenvalue weighted by molar-refractivity contribution is 0.0463. The van der Waals surface area contributed by atoms with Gasteiger partial charge in [-0.2, -0.15) is 0 Å². The second-order valence-corrected chi connectivity index (χ2v) is 12.8. The highest BCUT2D eigenvalue weighted by Crippen LogP contribution is 2.60. The molecule has 3 aliphatic carbocycles. The van der Waals surface area contributed by atoms with E-state index in [1.165, 1.54) is 122 Å². The smallest absolute Gasteiger partial charge is 0.188 e. The summed E-state index contributed by atoms with van der Waals surface area (Å²) >= 11 is 0. The van der Waals surface area contributed by atoms with E-state index in [0.717, 1.165) is 24.3 Å². The third-order valence-corrected chi connectivity index (χ3v) is 9.66. The van der Waals surface area contributed by atoms with Crippen molar-refractivity contribution in [2.75, 3.05) is 27.8 Å². The molecular weight excluding hydrogens is 544 g/mol. The topological polar surface area (TPSA) is 36.9 Å². The summed E-state index contributed by atoms with van der Waals surface area (Å²) in [7, 11) is 3.39. The van der Waals surface area contributed by atoms with E-state index in [9.17, 15) is 0 Å². The zero-order valence-electron chi connectivity index (χ0n) is 27.5. The lowest BCUT2D eigenvalue weighted by Crippen LogP contribution is -2.29. The molecule has 0 atom stereocenters. The standard InChI is InChI=1S/C40H54O4/c1-4-5-6-7-8-9-10-11-12-13-14-15-16-17-22-30-27-35(43-28-41-2)38-36-31-23-18-20-25-33(31)37(34-26-21-19-24-32(34)36)39(38)40(30)44-29-42-3/h18-21,23-27,36-37H,4-17,22,28-29H2,1-3H3. The van der Waals surface area contributed by atoms with Crippen LogP contribution in [0, 0.1) is 0 Å². The number of hydrogen-bond acceptors (Lipinski definition) is 4. The summed E-state index contributed by atoms with van der Waals surface area (Å²) in [5.74, 6) is 2.12. The number of ether oxygens (including phenoxy) is 4. The first kappa shape index (κ1) is 32.6. The monoisotopic (exact) mass is 598 g/mol. The predicted octanol–water partition coefficient (Wildman–Crippen LogP) is 10.7. The summed E-state index contributed by atoms with van der Waals surface area (Å²) < 4.78 is 23.7. The van der Waals surface area contributed by atoms with Crippen molar-refractivity contribution in [3.63, 3.8) is 0 Å². The zero-order chi connectivity index (χ0) is 30.6. The first-order valence-electron chi connectivity index (χ1n) is 17.4. The predicted molar refractivity (Wildman–Crippen MR) is 180 cm³/mol. The van der Waals surface area contributed by atoms with Crippen molar-refractivity contribution in [2.45, 2.75) is 115 Å². The average Bonchev–Trinajstić information content (AvgIpc) is 3.06. The van der Waals surface area contributed by atoms with E-state index in [1.807, 2.05) is 0 Å². The maximum absolute atomic E-state index is 6.49. The Labute approximate surface area is 266 Å². The van der Waals surface area contributed by atoms with Gasteiger partial charge in [0.15, 0.2) is 13.6 Å². The SMILES string of the molecule is CCCCCCCCCCCCCCCCc1cc(OCOC)c2c(c1OCOC)C1c3ccccc3C2c2ccccc21. The summed E-state index contributed by atoms with van der Waals surface area (Å²) in [4.78, 5) is 0. The number of methoxy groups -OCH3 is 2. The van der Waals surface area contributed by atoms with Crippen LogP contribution in [0.15, 0.2) is 54.6 Å². The fourth-order valence-corrected chi connectivity index (χ4v) is 7.57. The summed E-state index contributed by atoms with van der Waals surface area (Å²) in [5, 5.41) is 0. The fraction of sp³-hybridized carbons (Fsp3) is 0.550. The summed E-state index contributed by atoms with van der Waals surface area (Å²) in [6.45, 7) is 2.75. The molecule has 2 bridgehead atoms. The number of rotatable bonds is 21. The van der Waals surface area contributed by atoms with Crippen LogP contribution in [-0.4, -0.2) is 27.8 Å². The van der Waals surface area contributed by atoms with Gasteiger partial charge in [0.2, 0.25) is 0 Å². The minimum absolute atomic E-state index is 0.106. The van der Waals surface area contributed by atoms with Crippen molar-refractivity contribution in [3.05, 3.63) is 93.5 Å². The second-order valence-electron chi connectivity index (χ2n) is 12.8. The van der Waals surface area contributed by atoms with E-state index >= 15 is 0 Å². The van der Waals surface area contributed by atoms with Crippen LogP contribution in [0.2, 0.25) is 0 Å². The Kier molecular flexibility index (Phi) is 12.6. The third-order valence-electron chi connectivity index (χ3n) is 9.66. The van der Waals surface area contributed by atoms with Crippen molar-refractivity contribution < 1.29 is 18.9 Å². The molecule has 3 aromatic rings. The van der Waals surface area contributed by atoms with Gasteiger partial charge in [0.1, 0.15) is 11.5 Å². The zero-order valence-corrected chi connectivity index (χ0v) is 27.5. The average molecular weight is 599 g/mol. The molecule has 0 unspecified atom stereocenters. The first-order chi connectivity index (χ1) is 21.8. The van der Waals surface area contributed by atoms with Crippen molar-refractivity contribution in [3.8, 4) is 11.5 Å². The Bertz CT molecular complexity index is 1270. The van der Waals surface area contributed by atoms with Gasteiger partial charge >= 0.3 is 0 Å². The van der Waals surface area contributed by atoms with E-state index in [0.29, 0.717) is 0 Å². The molecule has 0 saturated heterocycles. The molecular formula is C40H54O4. The molecule has 0 radical (unpaired) electrons. The van der Waals surface area contributed by atoms with E-state index < -0.39 is 0 Å². The van der Waals surface area contributed by atoms with Gasteiger partial charge in [-0.1, -0.05) is 139 Å². The number of benzene rings is 3. The Hall–Kier alpha value is -2.82. The Morgan fingerprint density at radius 3 is 1.43 bits per heavy atom. The Balaban J connectivity index is 1.27. The highest BCUT2D eigenvalue weighted by atomic mass is 16.7. The molecule has 4 heteroatoms. The number of unbranched alkanes of at least 4 members (excludes halogenated alkanes) is 13. The minimum atomic E-state index is 0.106. The van der Waals surface area contributed by atoms with Crippen molar-refractivity contribution in [1.82, 2.24) is 0 Å². The Morgan fingerprint density at radius 1 is 0.523 bits per heavy atom. The van der Waals surface area contributed by atoms with Gasteiger partial charge in [-0.05, 0) is 46.7 Å². The lowest BCUT2D eigenvalue weighted by atomic mass is 9.60. The summed E-state index contributed by atoms with van der Waals surface area (Å²) in [6, 6.07) is 20.0. The molecule has 0 aromatic heterocycles. The van der Waals surface area contributed by atoms with Crippen molar-refractivity contribution >= 4 is 0 Å². The molecule has 0 amide bonds. The van der Waals surface area contributed by atoms with E-state index in [4.69, 9.17) is 18.9 Å². The largest absolute Gasteiger partial charge is 0.467 e. The molecule has 0 heterocycles. The van der Waals surface area contributed by atoms with Crippen LogP contribution in [0.1, 0.15) is 148 Å². The van der Waals surface area contributed by atoms with Crippen LogP contribution < -0.4 is 9.47 Å². The number of aryl methyl sites for hydroxylation is 1. The van der Waals surface area contributed by atoms with Crippen molar-refractivity contribution in [1.29, 1.82) is 0 Å². The highest BCUT2D eigenvalue weighted by Gasteiger charge is 2.45. The fourth-order valence-electron chi connectivity index (χ4n) is 7.57. The third kappa shape index (κ3) is 7.51. The molecule has 4 nitrogen and oxygen atoms in total. The first-order valence-corrected chi connectivity index (χ1v) is 17.4. The van der Waals surface area contributed by atoms with E-state index in [-0.39, 0.29) is 25.4 Å². The lowest BCUT2D eigenvalue weighted by Gasteiger charge is -2.43. The van der Waals surface area contributed by atoms with E-state index in [2.05, 4.69) is 61.5 Å².